The van der Waals surface area contributed by atoms with E-state index >= 15 is 0 Å². The molecule has 1 aliphatic heterocycles. The van der Waals surface area contributed by atoms with Crippen molar-refractivity contribution in [1.29, 1.82) is 0 Å². The lowest BCUT2D eigenvalue weighted by Crippen LogP contribution is -2.38. The molecule has 0 radical (unpaired) electrons. The summed E-state index contributed by atoms with van der Waals surface area (Å²) in [5, 5.41) is 2.17. The summed E-state index contributed by atoms with van der Waals surface area (Å²) in [6, 6.07) is 2.54. The zero-order valence-corrected chi connectivity index (χ0v) is 9.52. The van der Waals surface area contributed by atoms with Gasteiger partial charge in [0, 0.05) is 5.75 Å². The minimum Gasteiger partial charge on any atom is -0.341 e. The van der Waals surface area contributed by atoms with Gasteiger partial charge in [0.25, 0.3) is 5.91 Å². The minimum atomic E-state index is -0.930. The summed E-state index contributed by atoms with van der Waals surface area (Å²) >= 11 is 1.11. The zero-order valence-electron chi connectivity index (χ0n) is 8.70. The molecule has 0 spiro atoms. The second-order valence-corrected chi connectivity index (χ2v) is 4.68. The van der Waals surface area contributed by atoms with Gasteiger partial charge in [-0.1, -0.05) is 17.8 Å². The third-order valence-electron chi connectivity index (χ3n) is 2.43. The van der Waals surface area contributed by atoms with Gasteiger partial charge in [0.15, 0.2) is 0 Å². The Morgan fingerprint density at radius 2 is 2.00 bits per heavy atom. The van der Waals surface area contributed by atoms with Crippen molar-refractivity contribution < 1.29 is 18.4 Å². The molecule has 1 amide bonds. The highest BCUT2D eigenvalue weighted by atomic mass is 32.2. The third-order valence-corrected chi connectivity index (χ3v) is 3.44. The molecule has 0 aliphatic carbocycles. The monoisotopic (exact) mass is 257 g/mol. The predicted molar refractivity (Wildman–Crippen MR) is 59.7 cm³/mol. The zero-order chi connectivity index (χ0) is 12.4. The van der Waals surface area contributed by atoms with E-state index in [9.17, 15) is 18.4 Å². The Kier molecular flexibility index (Phi) is 3.42. The van der Waals surface area contributed by atoms with Gasteiger partial charge in [-0.25, -0.2) is 8.78 Å². The molecule has 0 saturated carbocycles. The van der Waals surface area contributed by atoms with E-state index in [0.717, 1.165) is 23.9 Å². The minimum absolute atomic E-state index is 0.171. The SMILES string of the molecule is O=C(N[C@H]1CCSC1=O)c1c(F)cccc1F. The second-order valence-electron chi connectivity index (χ2n) is 3.58. The fourth-order valence-electron chi connectivity index (χ4n) is 1.57. The van der Waals surface area contributed by atoms with Crippen LogP contribution in [0.4, 0.5) is 8.78 Å². The molecule has 1 saturated heterocycles. The van der Waals surface area contributed by atoms with Gasteiger partial charge < -0.3 is 5.32 Å². The van der Waals surface area contributed by atoms with E-state index in [4.69, 9.17) is 0 Å². The van der Waals surface area contributed by atoms with Crippen LogP contribution in [0, 0.1) is 11.6 Å². The number of benzene rings is 1. The average molecular weight is 257 g/mol. The van der Waals surface area contributed by atoms with E-state index in [1.807, 2.05) is 0 Å². The van der Waals surface area contributed by atoms with Crippen molar-refractivity contribution in [3.63, 3.8) is 0 Å². The molecular formula is C11H9F2NO2S. The van der Waals surface area contributed by atoms with Crippen molar-refractivity contribution in [3.8, 4) is 0 Å². The maximum atomic E-state index is 13.3. The highest BCUT2D eigenvalue weighted by molar-refractivity contribution is 8.14. The van der Waals surface area contributed by atoms with E-state index in [1.165, 1.54) is 6.07 Å². The van der Waals surface area contributed by atoms with Crippen molar-refractivity contribution in [1.82, 2.24) is 5.32 Å². The van der Waals surface area contributed by atoms with Crippen molar-refractivity contribution in [2.24, 2.45) is 0 Å². The Bertz CT molecular complexity index is 458. The number of halogens is 2. The van der Waals surface area contributed by atoms with Crippen molar-refractivity contribution in [2.75, 3.05) is 5.75 Å². The van der Waals surface area contributed by atoms with Crippen LogP contribution >= 0.6 is 11.8 Å². The number of rotatable bonds is 2. The molecule has 1 fully saturated rings. The highest BCUT2D eigenvalue weighted by Gasteiger charge is 2.28. The first-order chi connectivity index (χ1) is 8.09. The normalized spacial score (nSPS) is 19.4. The number of nitrogens with one attached hydrogen (secondary N) is 1. The van der Waals surface area contributed by atoms with Gasteiger partial charge in [-0.3, -0.25) is 9.59 Å². The van der Waals surface area contributed by atoms with Gasteiger partial charge in [0.2, 0.25) is 5.12 Å². The molecule has 1 N–H and O–H groups in total. The van der Waals surface area contributed by atoms with Gasteiger partial charge >= 0.3 is 0 Å². The summed E-state index contributed by atoms with van der Waals surface area (Å²) in [4.78, 5) is 22.9. The fourth-order valence-corrected chi connectivity index (χ4v) is 2.50. The maximum absolute atomic E-state index is 13.3. The topological polar surface area (TPSA) is 46.2 Å². The largest absolute Gasteiger partial charge is 0.341 e. The van der Waals surface area contributed by atoms with Gasteiger partial charge in [0.05, 0.1) is 6.04 Å². The number of carbonyl (C=O) groups excluding carboxylic acids is 2. The van der Waals surface area contributed by atoms with Crippen LogP contribution in [0.2, 0.25) is 0 Å². The summed E-state index contributed by atoms with van der Waals surface area (Å²) in [5.74, 6) is -2.13. The van der Waals surface area contributed by atoms with E-state index in [1.54, 1.807) is 0 Å². The number of amides is 1. The van der Waals surface area contributed by atoms with Crippen LogP contribution in [0.15, 0.2) is 18.2 Å². The van der Waals surface area contributed by atoms with E-state index in [2.05, 4.69) is 5.32 Å². The molecule has 1 aromatic rings. The summed E-state index contributed by atoms with van der Waals surface area (Å²) in [6.07, 6.45) is 0.491. The Morgan fingerprint density at radius 1 is 1.35 bits per heavy atom. The molecular weight excluding hydrogens is 248 g/mol. The fraction of sp³-hybridized carbons (Fsp3) is 0.273. The highest BCUT2D eigenvalue weighted by Crippen LogP contribution is 2.20. The first-order valence-electron chi connectivity index (χ1n) is 5.01. The van der Waals surface area contributed by atoms with Crippen LogP contribution in [0.5, 0.6) is 0 Å². The Morgan fingerprint density at radius 3 is 2.53 bits per heavy atom. The summed E-state index contributed by atoms with van der Waals surface area (Å²) in [6.45, 7) is 0. The number of carbonyl (C=O) groups is 2. The molecule has 1 atom stereocenters. The van der Waals surface area contributed by atoms with Crippen LogP contribution in [-0.2, 0) is 4.79 Å². The van der Waals surface area contributed by atoms with Crippen LogP contribution < -0.4 is 5.32 Å². The molecule has 0 unspecified atom stereocenters. The van der Waals surface area contributed by atoms with E-state index in [-0.39, 0.29) is 5.12 Å². The molecule has 6 heteroatoms. The number of thioether (sulfide) groups is 1. The van der Waals surface area contributed by atoms with E-state index < -0.39 is 29.1 Å². The summed E-state index contributed by atoms with van der Waals surface area (Å²) < 4.78 is 26.6. The number of hydrogen-bond donors (Lipinski definition) is 1. The first kappa shape index (κ1) is 12.0. The number of hydrogen-bond acceptors (Lipinski definition) is 3. The second kappa shape index (κ2) is 4.83. The average Bonchev–Trinajstić information content (AvgIpc) is 2.64. The lowest BCUT2D eigenvalue weighted by Gasteiger charge is -2.10. The molecule has 0 aromatic heterocycles. The molecule has 1 aliphatic rings. The van der Waals surface area contributed by atoms with Crippen molar-refractivity contribution in [2.45, 2.75) is 12.5 Å². The Hall–Kier alpha value is -1.43. The first-order valence-corrected chi connectivity index (χ1v) is 5.99. The molecule has 2 rings (SSSR count). The van der Waals surface area contributed by atoms with Gasteiger partial charge in [-0.05, 0) is 18.6 Å². The quantitative estimate of drug-likeness (QED) is 0.877. The van der Waals surface area contributed by atoms with Crippen LogP contribution in [0.1, 0.15) is 16.8 Å². The standard InChI is InChI=1S/C11H9F2NO2S/c12-6-2-1-3-7(13)9(6)10(15)14-8-4-5-17-11(8)16/h1-3,8H,4-5H2,(H,14,15)/t8-/m0/s1. The van der Waals surface area contributed by atoms with Gasteiger partial charge in [-0.2, -0.15) is 0 Å². The lowest BCUT2D eigenvalue weighted by molar-refractivity contribution is -0.112. The molecule has 90 valence electrons. The third kappa shape index (κ3) is 2.46. The Balaban J connectivity index is 2.17. The predicted octanol–water partition coefficient (Wildman–Crippen LogP) is 1.73. The molecule has 0 bridgehead atoms. The van der Waals surface area contributed by atoms with Crippen LogP contribution in [0.25, 0.3) is 0 Å². The molecule has 1 heterocycles. The molecule has 1 aromatic carbocycles. The summed E-state index contributed by atoms with van der Waals surface area (Å²) in [7, 11) is 0. The van der Waals surface area contributed by atoms with Gasteiger partial charge in [0.1, 0.15) is 17.2 Å². The Labute approximate surface area is 101 Å². The summed E-state index contributed by atoms with van der Waals surface area (Å²) in [5.41, 5.74) is -0.641. The smallest absolute Gasteiger partial charge is 0.257 e. The maximum Gasteiger partial charge on any atom is 0.257 e. The van der Waals surface area contributed by atoms with Crippen LogP contribution in [0.3, 0.4) is 0 Å². The van der Waals surface area contributed by atoms with Gasteiger partial charge in [-0.15, -0.1) is 0 Å². The van der Waals surface area contributed by atoms with Crippen molar-refractivity contribution >= 4 is 22.8 Å². The lowest BCUT2D eigenvalue weighted by atomic mass is 10.1. The molecule has 3 nitrogen and oxygen atoms in total. The molecule has 17 heavy (non-hydrogen) atoms. The van der Waals surface area contributed by atoms with Crippen molar-refractivity contribution in [3.05, 3.63) is 35.4 Å². The van der Waals surface area contributed by atoms with E-state index in [0.29, 0.717) is 12.2 Å². The van der Waals surface area contributed by atoms with Crippen LogP contribution in [-0.4, -0.2) is 22.8 Å².